The maximum atomic E-state index is 15.6. The summed E-state index contributed by atoms with van der Waals surface area (Å²) >= 11 is 1.29. The van der Waals surface area contributed by atoms with Crippen LogP contribution in [0.5, 0.6) is 5.75 Å². The zero-order chi connectivity index (χ0) is 25.8. The SMILES string of the molecule is Cc1ncc(C(C)NC(=O)c2cc(OC[C@H]3CN(C(=O)O)CCO3)cc(-c3ncc(C)s3)c2F)cn1. The Morgan fingerprint density at radius 2 is 2.03 bits per heavy atom. The second kappa shape index (κ2) is 11.0. The van der Waals surface area contributed by atoms with Crippen LogP contribution in [0.1, 0.15) is 39.6 Å². The number of hydrogen-bond donors (Lipinski definition) is 2. The molecule has 10 nitrogen and oxygen atoms in total. The molecule has 1 aromatic carbocycles. The number of benzene rings is 1. The first kappa shape index (κ1) is 25.5. The van der Waals surface area contributed by atoms with Crippen molar-refractivity contribution in [1.82, 2.24) is 25.2 Å². The lowest BCUT2D eigenvalue weighted by Gasteiger charge is -2.30. The number of halogens is 1. The highest BCUT2D eigenvalue weighted by atomic mass is 32.1. The number of amides is 2. The summed E-state index contributed by atoms with van der Waals surface area (Å²) in [5.41, 5.74) is 0.612. The maximum Gasteiger partial charge on any atom is 0.407 e. The van der Waals surface area contributed by atoms with Gasteiger partial charge in [0, 0.05) is 35.6 Å². The molecule has 3 heterocycles. The summed E-state index contributed by atoms with van der Waals surface area (Å²) in [7, 11) is 0. The van der Waals surface area contributed by atoms with Gasteiger partial charge in [0.05, 0.1) is 30.3 Å². The van der Waals surface area contributed by atoms with E-state index in [1.807, 2.05) is 6.92 Å². The Kier molecular flexibility index (Phi) is 7.75. The number of ether oxygens (including phenoxy) is 2. The van der Waals surface area contributed by atoms with Gasteiger partial charge in [-0.1, -0.05) is 0 Å². The van der Waals surface area contributed by atoms with Crippen LogP contribution in [-0.4, -0.2) is 69.4 Å². The number of rotatable bonds is 7. The van der Waals surface area contributed by atoms with E-state index < -0.39 is 30.0 Å². The topological polar surface area (TPSA) is 127 Å². The van der Waals surface area contributed by atoms with E-state index >= 15 is 4.39 Å². The zero-order valence-electron chi connectivity index (χ0n) is 20.0. The Labute approximate surface area is 211 Å². The molecule has 1 aliphatic heterocycles. The van der Waals surface area contributed by atoms with Gasteiger partial charge in [-0.05, 0) is 32.9 Å². The summed E-state index contributed by atoms with van der Waals surface area (Å²) in [5.74, 6) is -0.504. The number of carbonyl (C=O) groups is 2. The Balaban J connectivity index is 1.58. The molecule has 2 aromatic heterocycles. The number of thiazole rings is 1. The van der Waals surface area contributed by atoms with E-state index in [1.54, 1.807) is 32.4 Å². The molecule has 2 N–H and O–H groups in total. The average molecular weight is 516 g/mol. The number of aromatic nitrogens is 3. The molecule has 1 unspecified atom stereocenters. The zero-order valence-corrected chi connectivity index (χ0v) is 20.8. The standard InChI is InChI=1S/C24H26FN5O5S/c1-13-8-28-23(36-13)20-7-17(35-12-18-11-30(24(32)33)4-5-34-18)6-19(21(20)25)22(31)29-14(2)16-9-26-15(3)27-10-16/h6-10,14,18H,4-5,11-12H2,1-3H3,(H,29,31)(H,32,33)/t14?,18-/m1/s1. The molecule has 0 saturated carbocycles. The van der Waals surface area contributed by atoms with Crippen molar-refractivity contribution < 1.29 is 28.6 Å². The number of aryl methyl sites for hydroxylation is 2. The molecule has 2 atom stereocenters. The summed E-state index contributed by atoms with van der Waals surface area (Å²) in [6.07, 6.45) is 3.32. The van der Waals surface area contributed by atoms with E-state index in [0.717, 1.165) is 4.88 Å². The molecule has 0 spiro atoms. The normalized spacial score (nSPS) is 16.4. The summed E-state index contributed by atoms with van der Waals surface area (Å²) in [5, 5.41) is 12.4. The number of carboxylic acid groups (broad SMARTS) is 1. The van der Waals surface area contributed by atoms with Gasteiger partial charge >= 0.3 is 6.09 Å². The first-order chi connectivity index (χ1) is 17.2. The molecule has 0 radical (unpaired) electrons. The number of hydrogen-bond acceptors (Lipinski definition) is 8. The van der Waals surface area contributed by atoms with Crippen LogP contribution in [0.15, 0.2) is 30.7 Å². The smallest absolute Gasteiger partial charge is 0.407 e. The highest BCUT2D eigenvalue weighted by molar-refractivity contribution is 7.14. The van der Waals surface area contributed by atoms with Crippen molar-refractivity contribution in [3.63, 3.8) is 0 Å². The monoisotopic (exact) mass is 515 g/mol. The van der Waals surface area contributed by atoms with Crippen molar-refractivity contribution in [2.75, 3.05) is 26.3 Å². The third kappa shape index (κ3) is 5.94. The van der Waals surface area contributed by atoms with Gasteiger partial charge < -0.3 is 24.8 Å². The fourth-order valence-electron chi connectivity index (χ4n) is 3.65. The van der Waals surface area contributed by atoms with Crippen molar-refractivity contribution in [2.24, 2.45) is 0 Å². The van der Waals surface area contributed by atoms with Crippen LogP contribution in [0, 0.1) is 19.7 Å². The van der Waals surface area contributed by atoms with E-state index in [2.05, 4.69) is 20.3 Å². The molecule has 12 heteroatoms. The second-order valence-electron chi connectivity index (χ2n) is 8.40. The van der Waals surface area contributed by atoms with E-state index in [-0.39, 0.29) is 43.2 Å². The Hall–Kier alpha value is -3.64. The van der Waals surface area contributed by atoms with Gasteiger partial charge in [0.2, 0.25) is 0 Å². The van der Waals surface area contributed by atoms with Gasteiger partial charge in [-0.2, -0.15) is 0 Å². The fraction of sp³-hybridized carbons (Fsp3) is 0.375. The maximum absolute atomic E-state index is 15.6. The van der Waals surface area contributed by atoms with Crippen LogP contribution in [0.2, 0.25) is 0 Å². The second-order valence-corrected chi connectivity index (χ2v) is 9.63. The summed E-state index contributed by atoms with van der Waals surface area (Å²) < 4.78 is 27.0. The van der Waals surface area contributed by atoms with Crippen LogP contribution in [-0.2, 0) is 4.74 Å². The van der Waals surface area contributed by atoms with E-state index in [4.69, 9.17) is 9.47 Å². The minimum Gasteiger partial charge on any atom is -0.491 e. The third-order valence-corrected chi connectivity index (χ3v) is 6.58. The summed E-state index contributed by atoms with van der Waals surface area (Å²) in [4.78, 5) is 39.1. The summed E-state index contributed by atoms with van der Waals surface area (Å²) in [6.45, 7) is 6.08. The van der Waals surface area contributed by atoms with Gasteiger partial charge in [0.25, 0.3) is 5.91 Å². The van der Waals surface area contributed by atoms with Crippen LogP contribution in [0.3, 0.4) is 0 Å². The first-order valence-corrected chi connectivity index (χ1v) is 12.1. The Morgan fingerprint density at radius 1 is 1.28 bits per heavy atom. The largest absolute Gasteiger partial charge is 0.491 e. The highest BCUT2D eigenvalue weighted by Gasteiger charge is 2.26. The lowest BCUT2D eigenvalue weighted by molar-refractivity contribution is -0.0412. The molecular formula is C24H26FN5O5S. The molecule has 4 rings (SSSR count). The summed E-state index contributed by atoms with van der Waals surface area (Å²) in [6, 6.07) is 2.34. The van der Waals surface area contributed by atoms with Gasteiger partial charge in [-0.3, -0.25) is 4.79 Å². The number of nitrogens with one attached hydrogen (secondary N) is 1. The lowest BCUT2D eigenvalue weighted by Crippen LogP contribution is -2.47. The predicted octanol–water partition coefficient (Wildman–Crippen LogP) is 3.60. The van der Waals surface area contributed by atoms with Crippen LogP contribution in [0.4, 0.5) is 9.18 Å². The molecule has 1 aliphatic rings. The third-order valence-electron chi connectivity index (χ3n) is 5.64. The Morgan fingerprint density at radius 3 is 2.69 bits per heavy atom. The first-order valence-electron chi connectivity index (χ1n) is 11.3. The van der Waals surface area contributed by atoms with Gasteiger partial charge in [0.1, 0.15) is 35.1 Å². The van der Waals surface area contributed by atoms with E-state index in [0.29, 0.717) is 16.4 Å². The van der Waals surface area contributed by atoms with Crippen molar-refractivity contribution in [3.05, 3.63) is 58.4 Å². The van der Waals surface area contributed by atoms with Gasteiger partial charge in [-0.25, -0.2) is 24.1 Å². The average Bonchev–Trinajstić information content (AvgIpc) is 3.29. The molecule has 1 fully saturated rings. The minimum atomic E-state index is -1.03. The van der Waals surface area contributed by atoms with Crippen LogP contribution >= 0.6 is 11.3 Å². The molecule has 0 aliphatic carbocycles. The minimum absolute atomic E-state index is 0.0317. The fourth-order valence-corrected chi connectivity index (χ4v) is 4.42. The van der Waals surface area contributed by atoms with E-state index in [1.165, 1.54) is 28.4 Å². The molecule has 0 bridgehead atoms. The van der Waals surface area contributed by atoms with Crippen LogP contribution < -0.4 is 10.1 Å². The quantitative estimate of drug-likeness (QED) is 0.489. The molecule has 3 aromatic rings. The lowest BCUT2D eigenvalue weighted by atomic mass is 10.1. The highest BCUT2D eigenvalue weighted by Crippen LogP contribution is 2.33. The number of morpholine rings is 1. The van der Waals surface area contributed by atoms with Crippen LogP contribution in [0.25, 0.3) is 10.6 Å². The molecule has 2 amide bonds. The van der Waals surface area contributed by atoms with Crippen molar-refractivity contribution in [2.45, 2.75) is 32.9 Å². The molecular weight excluding hydrogens is 489 g/mol. The number of nitrogens with zero attached hydrogens (tertiary/aromatic N) is 4. The number of carbonyl (C=O) groups excluding carboxylic acids is 1. The van der Waals surface area contributed by atoms with Gasteiger partial charge in [-0.15, -0.1) is 11.3 Å². The Bertz CT molecular complexity index is 1250. The van der Waals surface area contributed by atoms with Crippen molar-refractivity contribution in [3.8, 4) is 16.3 Å². The van der Waals surface area contributed by atoms with E-state index in [9.17, 15) is 14.7 Å². The van der Waals surface area contributed by atoms with Crippen molar-refractivity contribution >= 4 is 23.3 Å². The van der Waals surface area contributed by atoms with Gasteiger partial charge in [0.15, 0.2) is 0 Å². The van der Waals surface area contributed by atoms with Crippen molar-refractivity contribution in [1.29, 1.82) is 0 Å². The molecule has 190 valence electrons. The molecule has 36 heavy (non-hydrogen) atoms. The predicted molar refractivity (Wildman–Crippen MR) is 130 cm³/mol. The molecule has 1 saturated heterocycles.